The number of carbonyl (C=O) groups is 1. The number of nitrogens with zero attached hydrogens (tertiary/aromatic N) is 4. The molecule has 1 saturated heterocycles. The number of carboxylic acids is 1. The summed E-state index contributed by atoms with van der Waals surface area (Å²) in [5.41, 5.74) is 4.44. The van der Waals surface area contributed by atoms with E-state index in [1.165, 1.54) is 11.1 Å². The summed E-state index contributed by atoms with van der Waals surface area (Å²) in [4.78, 5) is 15.5. The predicted molar refractivity (Wildman–Crippen MR) is 129 cm³/mol. The van der Waals surface area contributed by atoms with E-state index in [4.69, 9.17) is 14.6 Å². The van der Waals surface area contributed by atoms with Crippen LogP contribution < -0.4 is 4.74 Å². The highest BCUT2D eigenvalue weighted by atomic mass is 19.4. The van der Waals surface area contributed by atoms with Crippen molar-refractivity contribution in [1.29, 1.82) is 0 Å². The lowest BCUT2D eigenvalue weighted by atomic mass is 10.0. The molecular formula is C26H29F3N4O4. The highest BCUT2D eigenvalue weighted by Gasteiger charge is 2.38. The minimum atomic E-state index is -5.08. The highest BCUT2D eigenvalue weighted by molar-refractivity contribution is 5.73. The Morgan fingerprint density at radius 1 is 0.946 bits per heavy atom. The average molecular weight is 519 g/mol. The van der Waals surface area contributed by atoms with E-state index in [9.17, 15) is 18.3 Å². The van der Waals surface area contributed by atoms with Crippen LogP contribution in [-0.4, -0.2) is 61.6 Å². The summed E-state index contributed by atoms with van der Waals surface area (Å²) in [5, 5.41) is 25.2. The second-order valence-corrected chi connectivity index (χ2v) is 8.60. The number of hydrogen-bond acceptors (Lipinski definition) is 7. The monoisotopic (exact) mass is 518 g/mol. The zero-order valence-corrected chi connectivity index (χ0v) is 20.1. The SMILES string of the molecule is O=C(O)C(F)(F)F.OC1CCN(Cc2ccc(CCc3ccc(OCc4ccccn4)nn3)cc2)CC1. The minimum absolute atomic E-state index is 0.117. The number of rotatable bonds is 8. The van der Waals surface area contributed by atoms with Crippen LogP contribution in [0.25, 0.3) is 0 Å². The van der Waals surface area contributed by atoms with Gasteiger partial charge in [-0.15, -0.1) is 5.10 Å². The molecule has 2 aromatic heterocycles. The summed E-state index contributed by atoms with van der Waals surface area (Å²) in [7, 11) is 0. The van der Waals surface area contributed by atoms with Crippen LogP contribution in [0.15, 0.2) is 60.8 Å². The molecule has 0 radical (unpaired) electrons. The molecule has 3 aromatic rings. The molecular weight excluding hydrogens is 489 g/mol. The van der Waals surface area contributed by atoms with Gasteiger partial charge in [0.2, 0.25) is 5.88 Å². The van der Waals surface area contributed by atoms with Crippen molar-refractivity contribution < 1.29 is 32.9 Å². The van der Waals surface area contributed by atoms with Gasteiger partial charge in [0, 0.05) is 31.9 Å². The predicted octanol–water partition coefficient (Wildman–Crippen LogP) is 3.83. The number of alkyl halides is 3. The van der Waals surface area contributed by atoms with Crippen molar-refractivity contribution in [2.45, 2.75) is 51.1 Å². The Hall–Kier alpha value is -3.57. The molecule has 1 aromatic carbocycles. The Morgan fingerprint density at radius 3 is 2.19 bits per heavy atom. The van der Waals surface area contributed by atoms with Crippen LogP contribution in [0.4, 0.5) is 13.2 Å². The van der Waals surface area contributed by atoms with Gasteiger partial charge in [-0.2, -0.15) is 18.3 Å². The molecule has 0 spiro atoms. The van der Waals surface area contributed by atoms with Crippen LogP contribution in [0.5, 0.6) is 5.88 Å². The summed E-state index contributed by atoms with van der Waals surface area (Å²) >= 11 is 0. The van der Waals surface area contributed by atoms with E-state index < -0.39 is 12.1 Å². The smallest absolute Gasteiger partial charge is 0.475 e. The Labute approximate surface area is 212 Å². The number of carboxylic acid groups (broad SMARTS) is 1. The van der Waals surface area contributed by atoms with Gasteiger partial charge < -0.3 is 14.9 Å². The second kappa shape index (κ2) is 13.7. The van der Waals surface area contributed by atoms with Gasteiger partial charge in [0.25, 0.3) is 0 Å². The zero-order chi connectivity index (χ0) is 26.7. The lowest BCUT2D eigenvalue weighted by molar-refractivity contribution is -0.192. The third-order valence-electron chi connectivity index (χ3n) is 5.69. The topological polar surface area (TPSA) is 109 Å². The van der Waals surface area contributed by atoms with Crippen LogP contribution >= 0.6 is 0 Å². The minimum Gasteiger partial charge on any atom is -0.475 e. The molecule has 1 aliphatic heterocycles. The molecule has 1 aliphatic rings. The molecule has 198 valence electrons. The third-order valence-corrected chi connectivity index (χ3v) is 5.69. The molecule has 0 atom stereocenters. The van der Waals surface area contributed by atoms with Gasteiger partial charge in [0.15, 0.2) is 0 Å². The first-order valence-corrected chi connectivity index (χ1v) is 11.8. The summed E-state index contributed by atoms with van der Waals surface area (Å²) < 4.78 is 37.4. The van der Waals surface area contributed by atoms with E-state index >= 15 is 0 Å². The van der Waals surface area contributed by atoms with Crippen molar-refractivity contribution in [2.24, 2.45) is 0 Å². The van der Waals surface area contributed by atoms with Crippen molar-refractivity contribution in [1.82, 2.24) is 20.1 Å². The summed E-state index contributed by atoms with van der Waals surface area (Å²) in [5.74, 6) is -2.24. The fourth-order valence-corrected chi connectivity index (χ4v) is 3.61. The van der Waals surface area contributed by atoms with Crippen LogP contribution in [0.2, 0.25) is 0 Å². The quantitative estimate of drug-likeness (QED) is 0.463. The fourth-order valence-electron chi connectivity index (χ4n) is 3.61. The Balaban J connectivity index is 0.000000479. The molecule has 0 amide bonds. The number of aliphatic carboxylic acids is 1. The van der Waals surface area contributed by atoms with Gasteiger partial charge in [-0.3, -0.25) is 9.88 Å². The summed E-state index contributed by atoms with van der Waals surface area (Å²) in [6, 6.07) is 18.4. The van der Waals surface area contributed by atoms with Gasteiger partial charge in [-0.05, 0) is 55.0 Å². The third kappa shape index (κ3) is 10.1. The number of aryl methyl sites for hydroxylation is 2. The molecule has 0 aliphatic carbocycles. The number of halogens is 3. The van der Waals surface area contributed by atoms with E-state index in [-0.39, 0.29) is 6.10 Å². The molecule has 0 saturated carbocycles. The van der Waals surface area contributed by atoms with Crippen LogP contribution in [0, 0.1) is 0 Å². The lowest BCUT2D eigenvalue weighted by Gasteiger charge is -2.29. The number of aliphatic hydroxyl groups excluding tert-OH is 1. The van der Waals surface area contributed by atoms with Gasteiger partial charge in [0.1, 0.15) is 6.61 Å². The van der Waals surface area contributed by atoms with Gasteiger partial charge in [-0.1, -0.05) is 30.3 Å². The molecule has 37 heavy (non-hydrogen) atoms. The first kappa shape index (κ1) is 28.0. The van der Waals surface area contributed by atoms with Gasteiger partial charge >= 0.3 is 12.1 Å². The number of piperidine rings is 1. The van der Waals surface area contributed by atoms with Crippen LogP contribution in [-0.2, 0) is 30.8 Å². The first-order valence-electron chi connectivity index (χ1n) is 11.8. The van der Waals surface area contributed by atoms with Crippen molar-refractivity contribution in [2.75, 3.05) is 13.1 Å². The van der Waals surface area contributed by atoms with Crippen molar-refractivity contribution >= 4 is 5.97 Å². The molecule has 0 unspecified atom stereocenters. The maximum absolute atomic E-state index is 10.6. The Morgan fingerprint density at radius 2 is 1.62 bits per heavy atom. The second-order valence-electron chi connectivity index (χ2n) is 8.60. The van der Waals surface area contributed by atoms with Crippen molar-refractivity contribution in [3.8, 4) is 5.88 Å². The number of benzene rings is 1. The maximum Gasteiger partial charge on any atom is 0.490 e. The molecule has 0 bridgehead atoms. The zero-order valence-electron chi connectivity index (χ0n) is 20.1. The molecule has 11 heteroatoms. The number of ether oxygens (including phenoxy) is 1. The normalized spacial score (nSPS) is 14.5. The number of pyridine rings is 1. The van der Waals surface area contributed by atoms with E-state index in [0.29, 0.717) is 12.5 Å². The molecule has 1 fully saturated rings. The fraction of sp³-hybridized carbons (Fsp3) is 0.385. The van der Waals surface area contributed by atoms with Crippen LogP contribution in [0.1, 0.15) is 35.4 Å². The standard InChI is InChI=1S/C24H28N4O2.C2HF3O2/c29-23-12-15-28(16-13-23)17-20-6-4-19(5-7-20)8-9-21-10-11-24(27-26-21)30-18-22-3-1-2-14-25-22;3-2(4,5)1(6)7/h1-7,10-11,14,23,29H,8-9,12-13,15-18H2;(H,6,7). The number of aromatic nitrogens is 3. The summed E-state index contributed by atoms with van der Waals surface area (Å²) in [6.45, 7) is 3.30. The maximum atomic E-state index is 10.6. The van der Waals surface area contributed by atoms with E-state index in [1.54, 1.807) is 6.20 Å². The Bertz CT molecular complexity index is 1090. The number of hydrogen-bond donors (Lipinski definition) is 2. The molecule has 3 heterocycles. The lowest BCUT2D eigenvalue weighted by Crippen LogP contribution is -2.35. The summed E-state index contributed by atoms with van der Waals surface area (Å²) in [6.07, 6.45) is 0.0840. The van der Waals surface area contributed by atoms with Gasteiger partial charge in [-0.25, -0.2) is 4.79 Å². The number of aliphatic hydroxyl groups is 1. The van der Waals surface area contributed by atoms with Crippen molar-refractivity contribution in [3.05, 3.63) is 83.3 Å². The van der Waals surface area contributed by atoms with Crippen LogP contribution in [0.3, 0.4) is 0 Å². The first-order chi connectivity index (χ1) is 17.7. The van der Waals surface area contributed by atoms with Gasteiger partial charge in [0.05, 0.1) is 17.5 Å². The van der Waals surface area contributed by atoms with E-state index in [2.05, 4.69) is 44.3 Å². The van der Waals surface area contributed by atoms with Crippen molar-refractivity contribution in [3.63, 3.8) is 0 Å². The number of likely N-dealkylation sites (tertiary alicyclic amines) is 1. The largest absolute Gasteiger partial charge is 0.490 e. The average Bonchev–Trinajstić information content (AvgIpc) is 2.89. The van der Waals surface area contributed by atoms with E-state index in [0.717, 1.165) is 56.7 Å². The molecule has 8 nitrogen and oxygen atoms in total. The molecule has 2 N–H and O–H groups in total. The highest BCUT2D eigenvalue weighted by Crippen LogP contribution is 2.16. The molecule has 4 rings (SSSR count). The van der Waals surface area contributed by atoms with E-state index in [1.807, 2.05) is 30.3 Å². The Kier molecular flexibility index (Phi) is 10.3.